The molecule has 0 unspecified atom stereocenters. The maximum absolute atomic E-state index is 10.8. The Morgan fingerprint density at radius 3 is 2.94 bits per heavy atom. The van der Waals surface area contributed by atoms with Crippen LogP contribution in [0.2, 0.25) is 0 Å². The average Bonchev–Trinajstić information content (AvgIpc) is 2.62. The maximum atomic E-state index is 10.8. The second kappa shape index (κ2) is 4.14. The van der Waals surface area contributed by atoms with Crippen LogP contribution in [-0.2, 0) is 11.3 Å². The fourth-order valence-corrected chi connectivity index (χ4v) is 1.71. The summed E-state index contributed by atoms with van der Waals surface area (Å²) in [5.74, 6) is -0.119. The van der Waals surface area contributed by atoms with Gasteiger partial charge in [0.25, 0.3) is 0 Å². The number of rotatable bonds is 3. The van der Waals surface area contributed by atoms with Crippen molar-refractivity contribution in [1.82, 2.24) is 9.55 Å². The van der Waals surface area contributed by atoms with Gasteiger partial charge in [-0.15, -0.1) is 0 Å². The van der Waals surface area contributed by atoms with Crippen molar-refractivity contribution in [1.29, 1.82) is 5.26 Å². The molecule has 1 amide bonds. The molecule has 1 aromatic heterocycles. The van der Waals surface area contributed by atoms with Crippen LogP contribution in [0.1, 0.15) is 12.0 Å². The van der Waals surface area contributed by atoms with Gasteiger partial charge < -0.3 is 16.0 Å². The van der Waals surface area contributed by atoms with Crippen molar-refractivity contribution in [2.45, 2.75) is 13.0 Å². The van der Waals surface area contributed by atoms with Gasteiger partial charge in [-0.2, -0.15) is 5.26 Å². The van der Waals surface area contributed by atoms with Crippen molar-refractivity contribution in [2.24, 2.45) is 5.73 Å². The second-order valence-corrected chi connectivity index (χ2v) is 3.62. The van der Waals surface area contributed by atoms with Crippen LogP contribution in [0, 0.1) is 11.3 Å². The monoisotopic (exact) mass is 229 g/mol. The first-order chi connectivity index (χ1) is 8.13. The number of carbonyl (C=O) groups is 1. The molecule has 0 saturated heterocycles. The van der Waals surface area contributed by atoms with E-state index in [1.807, 2.05) is 0 Å². The molecule has 0 spiro atoms. The molecule has 0 radical (unpaired) electrons. The van der Waals surface area contributed by atoms with E-state index in [1.165, 1.54) is 0 Å². The second-order valence-electron chi connectivity index (χ2n) is 3.62. The minimum absolute atomic E-state index is 0.187. The molecule has 0 aliphatic heterocycles. The zero-order chi connectivity index (χ0) is 12.4. The van der Waals surface area contributed by atoms with Crippen LogP contribution < -0.4 is 11.5 Å². The molecule has 0 atom stereocenters. The standard InChI is InChI=1S/C11H11N5O/c12-6-7-2-1-3-8-10(7)15-11(14)16(8)5-4-9(13)17/h1-3H,4-5H2,(H2,13,17)(H2,14,15). The summed E-state index contributed by atoms with van der Waals surface area (Å²) in [6, 6.07) is 7.29. The Kier molecular flexibility index (Phi) is 2.66. The van der Waals surface area contributed by atoms with Crippen LogP contribution in [0.5, 0.6) is 0 Å². The molecule has 2 rings (SSSR count). The van der Waals surface area contributed by atoms with Crippen molar-refractivity contribution in [2.75, 3.05) is 5.73 Å². The number of fused-ring (bicyclic) bond motifs is 1. The first-order valence-corrected chi connectivity index (χ1v) is 5.06. The van der Waals surface area contributed by atoms with Crippen molar-refractivity contribution in [3.8, 4) is 6.07 Å². The SMILES string of the molecule is N#Cc1cccc2c1nc(N)n2CCC(N)=O. The number of amides is 1. The predicted octanol–water partition coefficient (Wildman–Crippen LogP) is 0.366. The topological polar surface area (TPSA) is 111 Å². The lowest BCUT2D eigenvalue weighted by Crippen LogP contribution is -2.14. The minimum Gasteiger partial charge on any atom is -0.370 e. The Bertz CT molecular complexity index is 623. The minimum atomic E-state index is -0.400. The summed E-state index contributed by atoms with van der Waals surface area (Å²) in [6.07, 6.45) is 0.187. The van der Waals surface area contributed by atoms with Gasteiger partial charge in [0.2, 0.25) is 11.9 Å². The average molecular weight is 229 g/mol. The fourth-order valence-electron chi connectivity index (χ4n) is 1.71. The summed E-state index contributed by atoms with van der Waals surface area (Å²) in [4.78, 5) is 14.9. The zero-order valence-corrected chi connectivity index (χ0v) is 9.05. The summed E-state index contributed by atoms with van der Waals surface area (Å²) in [7, 11) is 0. The van der Waals surface area contributed by atoms with E-state index < -0.39 is 5.91 Å². The molecule has 0 bridgehead atoms. The molecule has 1 aromatic carbocycles. The molecular weight excluding hydrogens is 218 g/mol. The lowest BCUT2D eigenvalue weighted by Gasteiger charge is -2.04. The fraction of sp³-hybridized carbons (Fsp3) is 0.182. The van der Waals surface area contributed by atoms with E-state index in [4.69, 9.17) is 16.7 Å². The van der Waals surface area contributed by atoms with Gasteiger partial charge in [-0.05, 0) is 12.1 Å². The highest BCUT2D eigenvalue weighted by atomic mass is 16.1. The molecule has 6 heteroatoms. The first kappa shape index (κ1) is 11.0. The summed E-state index contributed by atoms with van der Waals surface area (Å²) in [5, 5.41) is 8.94. The molecule has 1 heterocycles. The van der Waals surface area contributed by atoms with Crippen LogP contribution in [0.4, 0.5) is 5.95 Å². The van der Waals surface area contributed by atoms with Crippen molar-refractivity contribution >= 4 is 22.9 Å². The highest BCUT2D eigenvalue weighted by molar-refractivity contribution is 5.84. The number of aromatic nitrogens is 2. The third-order valence-electron chi connectivity index (χ3n) is 2.51. The van der Waals surface area contributed by atoms with Crippen LogP contribution >= 0.6 is 0 Å². The number of primary amides is 1. The molecular formula is C11H11N5O. The van der Waals surface area contributed by atoms with Gasteiger partial charge in [0, 0.05) is 13.0 Å². The van der Waals surface area contributed by atoms with Crippen molar-refractivity contribution in [3.05, 3.63) is 23.8 Å². The Morgan fingerprint density at radius 1 is 1.53 bits per heavy atom. The summed E-state index contributed by atoms with van der Waals surface area (Å²) in [6.45, 7) is 0.368. The number of aryl methyl sites for hydroxylation is 1. The van der Waals surface area contributed by atoms with Gasteiger partial charge in [-0.25, -0.2) is 4.98 Å². The van der Waals surface area contributed by atoms with Crippen LogP contribution in [0.25, 0.3) is 11.0 Å². The molecule has 2 aromatic rings. The number of imidazole rings is 1. The Labute approximate surface area is 97.4 Å². The smallest absolute Gasteiger partial charge is 0.219 e. The molecule has 0 fully saturated rings. The predicted molar refractivity (Wildman–Crippen MR) is 62.7 cm³/mol. The third kappa shape index (κ3) is 1.90. The molecule has 4 N–H and O–H groups in total. The lowest BCUT2D eigenvalue weighted by molar-refractivity contribution is -0.118. The number of nitrogen functional groups attached to an aromatic ring is 1. The number of carbonyl (C=O) groups excluding carboxylic acids is 1. The van der Waals surface area contributed by atoms with E-state index >= 15 is 0 Å². The number of nitrogens with two attached hydrogens (primary N) is 2. The number of benzene rings is 1. The van der Waals surface area contributed by atoms with Gasteiger partial charge in [0.15, 0.2) is 0 Å². The molecule has 17 heavy (non-hydrogen) atoms. The number of nitrogens with zero attached hydrogens (tertiary/aromatic N) is 3. The number of nitriles is 1. The Hall–Kier alpha value is -2.55. The third-order valence-corrected chi connectivity index (χ3v) is 2.51. The summed E-state index contributed by atoms with van der Waals surface area (Å²) in [5.41, 5.74) is 12.6. The van der Waals surface area contributed by atoms with Crippen LogP contribution in [0.3, 0.4) is 0 Å². The van der Waals surface area contributed by atoms with E-state index in [0.29, 0.717) is 17.6 Å². The summed E-state index contributed by atoms with van der Waals surface area (Å²) >= 11 is 0. The lowest BCUT2D eigenvalue weighted by atomic mass is 10.2. The van der Waals surface area contributed by atoms with Gasteiger partial charge in [0.05, 0.1) is 11.1 Å². The number of hydrogen-bond donors (Lipinski definition) is 2. The van der Waals surface area contributed by atoms with E-state index in [-0.39, 0.29) is 12.4 Å². The van der Waals surface area contributed by atoms with Gasteiger partial charge >= 0.3 is 0 Å². The molecule has 86 valence electrons. The molecule has 0 aliphatic carbocycles. The van der Waals surface area contributed by atoms with Gasteiger partial charge in [-0.3, -0.25) is 4.79 Å². The van der Waals surface area contributed by atoms with Crippen molar-refractivity contribution < 1.29 is 4.79 Å². The summed E-state index contributed by atoms with van der Waals surface area (Å²) < 4.78 is 1.68. The highest BCUT2D eigenvalue weighted by Gasteiger charge is 2.11. The Morgan fingerprint density at radius 2 is 2.29 bits per heavy atom. The maximum Gasteiger partial charge on any atom is 0.219 e. The normalized spacial score (nSPS) is 10.3. The molecule has 0 aliphatic rings. The molecule has 6 nitrogen and oxygen atoms in total. The number of hydrogen-bond acceptors (Lipinski definition) is 4. The van der Waals surface area contributed by atoms with Crippen LogP contribution in [-0.4, -0.2) is 15.5 Å². The van der Waals surface area contributed by atoms with Gasteiger partial charge in [-0.1, -0.05) is 6.07 Å². The van der Waals surface area contributed by atoms with E-state index in [2.05, 4.69) is 11.1 Å². The van der Waals surface area contributed by atoms with E-state index in [1.54, 1.807) is 22.8 Å². The Balaban J connectivity index is 2.53. The van der Waals surface area contributed by atoms with Crippen LogP contribution in [0.15, 0.2) is 18.2 Å². The van der Waals surface area contributed by atoms with E-state index in [0.717, 1.165) is 5.52 Å². The van der Waals surface area contributed by atoms with Crippen molar-refractivity contribution in [3.63, 3.8) is 0 Å². The van der Waals surface area contributed by atoms with Gasteiger partial charge in [0.1, 0.15) is 11.6 Å². The largest absolute Gasteiger partial charge is 0.370 e. The highest BCUT2D eigenvalue weighted by Crippen LogP contribution is 2.21. The first-order valence-electron chi connectivity index (χ1n) is 5.06. The number of anilines is 1. The van der Waals surface area contributed by atoms with E-state index in [9.17, 15) is 4.79 Å². The zero-order valence-electron chi connectivity index (χ0n) is 9.05. The molecule has 0 saturated carbocycles. The number of para-hydroxylation sites is 1. The quantitative estimate of drug-likeness (QED) is 0.791.